The minimum atomic E-state index is -1.17. The van der Waals surface area contributed by atoms with Crippen LogP contribution in [0.3, 0.4) is 0 Å². The second-order valence-electron chi connectivity index (χ2n) is 5.60. The van der Waals surface area contributed by atoms with E-state index < -0.39 is 29.6 Å². The molecule has 1 aromatic heterocycles. The van der Waals surface area contributed by atoms with Gasteiger partial charge in [-0.3, -0.25) is 10.1 Å². The van der Waals surface area contributed by atoms with E-state index in [1.165, 1.54) is 18.3 Å². The number of halogens is 2. The third-order valence-electron chi connectivity index (χ3n) is 3.56. The molecular formula is C19H14F2N2O3S. The first-order chi connectivity index (χ1) is 12.9. The quantitative estimate of drug-likeness (QED) is 0.663. The number of aromatic nitrogens is 1. The van der Waals surface area contributed by atoms with Gasteiger partial charge in [0.1, 0.15) is 11.6 Å². The monoisotopic (exact) mass is 388 g/mol. The van der Waals surface area contributed by atoms with Crippen molar-refractivity contribution in [2.75, 3.05) is 5.32 Å². The van der Waals surface area contributed by atoms with Crippen LogP contribution < -0.4 is 5.32 Å². The first kappa shape index (κ1) is 18.7. The second kappa shape index (κ2) is 8.05. The Balaban J connectivity index is 1.62. The number of carbonyl (C=O) groups is 2. The average Bonchev–Trinajstić information content (AvgIpc) is 3.10. The number of nitrogens with one attached hydrogen (secondary N) is 1. The predicted molar refractivity (Wildman–Crippen MR) is 97.4 cm³/mol. The number of esters is 1. The summed E-state index contributed by atoms with van der Waals surface area (Å²) in [7, 11) is 0. The number of nitrogens with zero attached hydrogens (tertiary/aromatic N) is 1. The van der Waals surface area contributed by atoms with Gasteiger partial charge in [-0.15, -0.1) is 11.3 Å². The largest absolute Gasteiger partial charge is 0.449 e. The van der Waals surface area contributed by atoms with Gasteiger partial charge in [0.2, 0.25) is 0 Å². The van der Waals surface area contributed by atoms with Gasteiger partial charge in [0.05, 0.1) is 11.3 Å². The van der Waals surface area contributed by atoms with E-state index >= 15 is 0 Å². The number of ether oxygens (including phenoxy) is 1. The summed E-state index contributed by atoms with van der Waals surface area (Å²) in [4.78, 5) is 28.5. The third kappa shape index (κ3) is 4.73. The fourth-order valence-corrected chi connectivity index (χ4v) is 2.96. The molecule has 0 aliphatic rings. The highest BCUT2D eigenvalue weighted by Crippen LogP contribution is 2.24. The molecule has 0 aliphatic carbocycles. The third-order valence-corrected chi connectivity index (χ3v) is 4.31. The first-order valence-corrected chi connectivity index (χ1v) is 8.79. The van der Waals surface area contributed by atoms with Gasteiger partial charge in [0.15, 0.2) is 11.2 Å². The van der Waals surface area contributed by atoms with E-state index in [9.17, 15) is 18.4 Å². The molecule has 0 unspecified atom stereocenters. The van der Waals surface area contributed by atoms with Gasteiger partial charge < -0.3 is 4.74 Å². The van der Waals surface area contributed by atoms with Gasteiger partial charge in [-0.1, -0.05) is 30.3 Å². The minimum Gasteiger partial charge on any atom is -0.449 e. The van der Waals surface area contributed by atoms with Gasteiger partial charge in [-0.2, -0.15) is 0 Å². The lowest BCUT2D eigenvalue weighted by molar-refractivity contribution is -0.123. The molecule has 3 aromatic rings. The van der Waals surface area contributed by atoms with Crippen LogP contribution in [0.1, 0.15) is 17.3 Å². The Hall–Kier alpha value is -3.13. The number of rotatable bonds is 5. The first-order valence-electron chi connectivity index (χ1n) is 7.91. The highest BCUT2D eigenvalue weighted by atomic mass is 32.1. The Labute approximate surface area is 157 Å². The van der Waals surface area contributed by atoms with Crippen LogP contribution in [0, 0.1) is 11.6 Å². The van der Waals surface area contributed by atoms with Crippen LogP contribution in [0.5, 0.6) is 0 Å². The number of anilines is 1. The van der Waals surface area contributed by atoms with Gasteiger partial charge >= 0.3 is 5.97 Å². The number of thiazole rings is 1. The Morgan fingerprint density at radius 2 is 1.78 bits per heavy atom. The molecule has 8 heteroatoms. The van der Waals surface area contributed by atoms with Crippen molar-refractivity contribution in [3.63, 3.8) is 0 Å². The lowest BCUT2D eigenvalue weighted by Gasteiger charge is -2.12. The molecule has 27 heavy (non-hydrogen) atoms. The standard InChI is InChI=1S/C19H14F2N2O3S/c1-11(26-18(25)13-7-14(20)9-15(21)8-13)17(24)23-19-22-16(10-27-19)12-5-3-2-4-6-12/h2-11H,1H3,(H,22,23,24)/t11-/m0/s1. The van der Waals surface area contributed by atoms with Crippen LogP contribution in [0.15, 0.2) is 53.9 Å². The molecule has 0 spiro atoms. The van der Waals surface area contributed by atoms with E-state index in [4.69, 9.17) is 4.74 Å². The summed E-state index contributed by atoms with van der Waals surface area (Å²) >= 11 is 1.23. The molecule has 1 heterocycles. The average molecular weight is 388 g/mol. The number of hydrogen-bond donors (Lipinski definition) is 1. The zero-order valence-corrected chi connectivity index (χ0v) is 14.9. The van der Waals surface area contributed by atoms with Crippen LogP contribution in [-0.2, 0) is 9.53 Å². The van der Waals surface area contributed by atoms with E-state index in [2.05, 4.69) is 10.3 Å². The maximum Gasteiger partial charge on any atom is 0.339 e. The number of benzene rings is 2. The molecule has 3 rings (SSSR count). The number of carbonyl (C=O) groups excluding carboxylic acids is 2. The van der Waals surface area contributed by atoms with Crippen molar-refractivity contribution in [3.05, 3.63) is 71.1 Å². The molecule has 0 aliphatic heterocycles. The van der Waals surface area contributed by atoms with Crippen molar-refractivity contribution >= 4 is 28.3 Å². The van der Waals surface area contributed by atoms with E-state index in [0.29, 0.717) is 16.9 Å². The summed E-state index contributed by atoms with van der Waals surface area (Å²) in [5, 5.41) is 4.69. The van der Waals surface area contributed by atoms with Crippen LogP contribution >= 0.6 is 11.3 Å². The normalized spacial score (nSPS) is 11.7. The molecule has 2 aromatic carbocycles. The van der Waals surface area contributed by atoms with E-state index in [1.807, 2.05) is 30.3 Å². The van der Waals surface area contributed by atoms with Crippen LogP contribution in [0.4, 0.5) is 13.9 Å². The molecule has 0 saturated heterocycles. The van der Waals surface area contributed by atoms with Gasteiger partial charge in [0, 0.05) is 17.0 Å². The maximum absolute atomic E-state index is 13.2. The minimum absolute atomic E-state index is 0.312. The zero-order chi connectivity index (χ0) is 19.4. The maximum atomic E-state index is 13.2. The summed E-state index contributed by atoms with van der Waals surface area (Å²) in [5.74, 6) is -3.42. The van der Waals surface area contributed by atoms with Gasteiger partial charge in [-0.25, -0.2) is 18.6 Å². The summed E-state index contributed by atoms with van der Waals surface area (Å²) in [5.41, 5.74) is 1.30. The van der Waals surface area contributed by atoms with Gasteiger partial charge in [0.25, 0.3) is 5.91 Å². The van der Waals surface area contributed by atoms with E-state index in [-0.39, 0.29) is 5.56 Å². The molecule has 0 saturated carbocycles. The topological polar surface area (TPSA) is 68.3 Å². The van der Waals surface area contributed by atoms with Crippen molar-refractivity contribution in [2.45, 2.75) is 13.0 Å². The molecular weight excluding hydrogens is 374 g/mol. The SMILES string of the molecule is C[C@H](OC(=O)c1cc(F)cc(F)c1)C(=O)Nc1nc(-c2ccccc2)cs1. The number of hydrogen-bond acceptors (Lipinski definition) is 5. The van der Waals surface area contributed by atoms with Crippen molar-refractivity contribution in [2.24, 2.45) is 0 Å². The molecule has 138 valence electrons. The lowest BCUT2D eigenvalue weighted by atomic mass is 10.2. The Bertz CT molecular complexity index is 956. The fraction of sp³-hybridized carbons (Fsp3) is 0.105. The summed E-state index contributed by atoms with van der Waals surface area (Å²) < 4.78 is 31.3. The molecule has 0 fully saturated rings. The Kier molecular flexibility index (Phi) is 5.56. The Morgan fingerprint density at radius 3 is 2.44 bits per heavy atom. The van der Waals surface area contributed by atoms with E-state index in [1.54, 1.807) is 5.38 Å². The highest BCUT2D eigenvalue weighted by molar-refractivity contribution is 7.14. The molecule has 1 N–H and O–H groups in total. The molecule has 0 radical (unpaired) electrons. The van der Waals surface area contributed by atoms with Crippen molar-refractivity contribution in [3.8, 4) is 11.3 Å². The summed E-state index contributed by atoms with van der Waals surface area (Å²) in [6, 6.07) is 11.7. The summed E-state index contributed by atoms with van der Waals surface area (Å²) in [6.07, 6.45) is -1.17. The van der Waals surface area contributed by atoms with Crippen LogP contribution in [-0.4, -0.2) is 23.0 Å². The van der Waals surface area contributed by atoms with Crippen molar-refractivity contribution in [1.82, 2.24) is 4.98 Å². The fourth-order valence-electron chi connectivity index (χ4n) is 2.23. The molecule has 5 nitrogen and oxygen atoms in total. The van der Waals surface area contributed by atoms with Gasteiger partial charge in [-0.05, 0) is 19.1 Å². The predicted octanol–water partition coefficient (Wildman–Crippen LogP) is 4.27. The van der Waals surface area contributed by atoms with Crippen molar-refractivity contribution in [1.29, 1.82) is 0 Å². The van der Waals surface area contributed by atoms with Crippen LogP contribution in [0.2, 0.25) is 0 Å². The number of amides is 1. The molecule has 1 atom stereocenters. The van der Waals surface area contributed by atoms with Crippen molar-refractivity contribution < 1.29 is 23.1 Å². The lowest BCUT2D eigenvalue weighted by Crippen LogP contribution is -2.30. The smallest absolute Gasteiger partial charge is 0.339 e. The molecule has 0 bridgehead atoms. The van der Waals surface area contributed by atoms with E-state index in [0.717, 1.165) is 17.7 Å². The second-order valence-corrected chi connectivity index (χ2v) is 6.46. The zero-order valence-electron chi connectivity index (χ0n) is 14.1. The molecule has 1 amide bonds. The Morgan fingerprint density at radius 1 is 1.11 bits per heavy atom. The highest BCUT2D eigenvalue weighted by Gasteiger charge is 2.21. The van der Waals surface area contributed by atoms with Crippen LogP contribution in [0.25, 0.3) is 11.3 Å². The summed E-state index contributed by atoms with van der Waals surface area (Å²) in [6.45, 7) is 1.36.